The number of hydrogen-bond acceptors (Lipinski definition) is 8. The first-order valence-electron chi connectivity index (χ1n) is 10.4. The van der Waals surface area contributed by atoms with Crippen LogP contribution in [-0.4, -0.2) is 57.6 Å². The summed E-state index contributed by atoms with van der Waals surface area (Å²) >= 11 is 0. The van der Waals surface area contributed by atoms with Gasteiger partial charge in [0.25, 0.3) is 0 Å². The Bertz CT molecular complexity index is 1200. The van der Waals surface area contributed by atoms with Gasteiger partial charge in [0.15, 0.2) is 17.3 Å². The van der Waals surface area contributed by atoms with E-state index in [1.807, 2.05) is 32.0 Å². The zero-order valence-electron chi connectivity index (χ0n) is 17.4. The van der Waals surface area contributed by atoms with Crippen LogP contribution in [0.25, 0.3) is 5.65 Å². The summed E-state index contributed by atoms with van der Waals surface area (Å²) in [5.74, 6) is 0.681. The number of carbonyl (C=O) groups is 1. The minimum Gasteiger partial charge on any atom is -0.348 e. The smallest absolute Gasteiger partial charge is 0.247 e. The summed E-state index contributed by atoms with van der Waals surface area (Å²) in [6.45, 7) is 6.50. The maximum absolute atomic E-state index is 12.2. The minimum atomic E-state index is -0.532. The van der Waals surface area contributed by atoms with Gasteiger partial charge in [0, 0.05) is 36.7 Å². The number of hydrogen-bond donors (Lipinski definition) is 2. The van der Waals surface area contributed by atoms with Crippen LogP contribution in [0.3, 0.4) is 0 Å². The number of aromatic nitrogens is 4. The van der Waals surface area contributed by atoms with Gasteiger partial charge < -0.3 is 25.0 Å². The van der Waals surface area contributed by atoms with E-state index in [0.29, 0.717) is 31.4 Å². The number of fused-ring (bicyclic) bond motifs is 2. The highest BCUT2D eigenvalue weighted by molar-refractivity contribution is 6.06. The average Bonchev–Trinajstić information content (AvgIpc) is 3.51. The molecule has 1 spiro atoms. The molecule has 0 unspecified atom stereocenters. The molecule has 10 nitrogen and oxygen atoms in total. The monoisotopic (exact) mass is 421 g/mol. The van der Waals surface area contributed by atoms with Crippen molar-refractivity contribution in [3.63, 3.8) is 0 Å². The van der Waals surface area contributed by atoms with Gasteiger partial charge in [-0.2, -0.15) is 4.98 Å². The van der Waals surface area contributed by atoms with Gasteiger partial charge >= 0.3 is 0 Å². The van der Waals surface area contributed by atoms with Crippen molar-refractivity contribution < 1.29 is 14.3 Å². The molecule has 2 saturated heterocycles. The molecule has 0 saturated carbocycles. The normalized spacial score (nSPS) is 21.1. The van der Waals surface area contributed by atoms with Crippen molar-refractivity contribution in [3.05, 3.63) is 36.2 Å². The summed E-state index contributed by atoms with van der Waals surface area (Å²) in [7, 11) is 0. The zero-order valence-corrected chi connectivity index (χ0v) is 17.4. The predicted molar refractivity (Wildman–Crippen MR) is 114 cm³/mol. The number of anilines is 4. The fourth-order valence-corrected chi connectivity index (χ4v) is 4.55. The third-order valence-electron chi connectivity index (χ3n) is 6.31. The molecule has 160 valence electrons. The Hall–Kier alpha value is -3.24. The standard InChI is InChI=1S/C21H23N7O3/c1-20(2)14-4-3-13(11-15(14)24-18(20)29)23-19-25-17-16(22-6-8-28(17)26-19)27-7-5-21(12-27)30-9-10-31-21/h3-4,6,8,11H,5,7,9-10,12H2,1-2H3,(H,23,26)(H,24,29). The quantitative estimate of drug-likeness (QED) is 0.662. The van der Waals surface area contributed by atoms with E-state index in [1.54, 1.807) is 16.9 Å². The molecule has 0 bridgehead atoms. The number of nitrogens with one attached hydrogen (secondary N) is 2. The molecule has 0 radical (unpaired) electrons. The second-order valence-corrected chi connectivity index (χ2v) is 8.70. The van der Waals surface area contributed by atoms with E-state index in [2.05, 4.69) is 30.6 Å². The summed E-state index contributed by atoms with van der Waals surface area (Å²) in [5.41, 5.74) is 2.72. The molecule has 10 heteroatoms. The first-order valence-corrected chi connectivity index (χ1v) is 10.4. The van der Waals surface area contributed by atoms with Gasteiger partial charge in [-0.05, 0) is 31.5 Å². The Kier molecular flexibility index (Phi) is 3.81. The van der Waals surface area contributed by atoms with Gasteiger partial charge in [-0.1, -0.05) is 6.07 Å². The highest BCUT2D eigenvalue weighted by Crippen LogP contribution is 2.39. The van der Waals surface area contributed by atoms with Gasteiger partial charge in [0.05, 0.1) is 25.2 Å². The molecule has 0 aliphatic carbocycles. The lowest BCUT2D eigenvalue weighted by molar-refractivity contribution is -0.137. The maximum Gasteiger partial charge on any atom is 0.247 e. The van der Waals surface area contributed by atoms with Crippen LogP contribution in [0.2, 0.25) is 0 Å². The van der Waals surface area contributed by atoms with Crippen LogP contribution in [0.1, 0.15) is 25.8 Å². The Balaban J connectivity index is 1.28. The third-order valence-corrected chi connectivity index (χ3v) is 6.31. The van der Waals surface area contributed by atoms with Crippen LogP contribution < -0.4 is 15.5 Å². The van der Waals surface area contributed by atoms with E-state index >= 15 is 0 Å². The Morgan fingerprint density at radius 3 is 2.90 bits per heavy atom. The number of ether oxygens (including phenoxy) is 2. The molecule has 6 rings (SSSR count). The lowest BCUT2D eigenvalue weighted by Crippen LogP contribution is -2.34. The molecule has 1 amide bonds. The molecular weight excluding hydrogens is 398 g/mol. The molecule has 1 aromatic carbocycles. The second kappa shape index (κ2) is 6.38. The first kappa shape index (κ1) is 18.5. The lowest BCUT2D eigenvalue weighted by Gasteiger charge is -2.22. The van der Waals surface area contributed by atoms with Crippen molar-refractivity contribution in [1.82, 2.24) is 19.6 Å². The number of rotatable bonds is 3. The van der Waals surface area contributed by atoms with Crippen molar-refractivity contribution in [3.8, 4) is 0 Å². The van der Waals surface area contributed by atoms with Gasteiger partial charge in [-0.3, -0.25) is 4.79 Å². The van der Waals surface area contributed by atoms with E-state index in [4.69, 9.17) is 9.47 Å². The molecule has 3 aliphatic rings. The average molecular weight is 421 g/mol. The van der Waals surface area contributed by atoms with Crippen molar-refractivity contribution in [2.45, 2.75) is 31.5 Å². The van der Waals surface area contributed by atoms with E-state index in [9.17, 15) is 4.79 Å². The SMILES string of the molecule is CC1(C)C(=O)Nc2cc(Nc3nc4c(N5CCC6(C5)OCCO6)nccn4n3)ccc21. The summed E-state index contributed by atoms with van der Waals surface area (Å²) in [5, 5.41) is 10.7. The number of amides is 1. The van der Waals surface area contributed by atoms with Crippen molar-refractivity contribution in [1.29, 1.82) is 0 Å². The minimum absolute atomic E-state index is 0.000159. The van der Waals surface area contributed by atoms with Crippen LogP contribution in [0.15, 0.2) is 30.6 Å². The van der Waals surface area contributed by atoms with Crippen LogP contribution in [0.4, 0.5) is 23.1 Å². The van der Waals surface area contributed by atoms with Gasteiger partial charge in [0.1, 0.15) is 0 Å². The van der Waals surface area contributed by atoms with Crippen molar-refractivity contribution in [2.24, 2.45) is 0 Å². The van der Waals surface area contributed by atoms with Crippen LogP contribution in [0, 0.1) is 0 Å². The summed E-state index contributed by atoms with van der Waals surface area (Å²) < 4.78 is 13.4. The number of nitrogens with zero attached hydrogens (tertiary/aromatic N) is 5. The van der Waals surface area contributed by atoms with Gasteiger partial charge in [-0.25, -0.2) is 9.50 Å². The summed E-state index contributed by atoms with van der Waals surface area (Å²) in [4.78, 5) is 23.6. The number of carbonyl (C=O) groups excluding carboxylic acids is 1. The number of benzene rings is 1. The molecule has 2 N–H and O–H groups in total. The van der Waals surface area contributed by atoms with Crippen molar-refractivity contribution in [2.75, 3.05) is 41.8 Å². The molecule has 2 aromatic heterocycles. The van der Waals surface area contributed by atoms with Gasteiger partial charge in [0.2, 0.25) is 11.9 Å². The van der Waals surface area contributed by atoms with Crippen molar-refractivity contribution >= 4 is 34.7 Å². The molecule has 5 heterocycles. The third kappa shape index (κ3) is 2.86. The van der Waals surface area contributed by atoms with Crippen LogP contribution in [0.5, 0.6) is 0 Å². The molecule has 3 aliphatic heterocycles. The second-order valence-electron chi connectivity index (χ2n) is 8.70. The molecular formula is C21H23N7O3. The highest BCUT2D eigenvalue weighted by atomic mass is 16.7. The Labute approximate surface area is 178 Å². The predicted octanol–water partition coefficient (Wildman–Crippen LogP) is 2.05. The largest absolute Gasteiger partial charge is 0.348 e. The molecule has 31 heavy (non-hydrogen) atoms. The van der Waals surface area contributed by atoms with Gasteiger partial charge in [-0.15, -0.1) is 5.10 Å². The van der Waals surface area contributed by atoms with E-state index in [0.717, 1.165) is 35.7 Å². The molecule has 0 atom stereocenters. The summed E-state index contributed by atoms with van der Waals surface area (Å²) in [6, 6.07) is 5.81. The Morgan fingerprint density at radius 1 is 1.23 bits per heavy atom. The zero-order chi connectivity index (χ0) is 21.2. The van der Waals surface area contributed by atoms with E-state index in [1.165, 1.54) is 0 Å². The lowest BCUT2D eigenvalue weighted by atomic mass is 9.86. The van der Waals surface area contributed by atoms with E-state index < -0.39 is 11.2 Å². The molecule has 2 fully saturated rings. The molecule has 3 aromatic rings. The maximum atomic E-state index is 12.2. The fourth-order valence-electron chi connectivity index (χ4n) is 4.55. The fraction of sp³-hybridized carbons (Fsp3) is 0.429. The summed E-state index contributed by atoms with van der Waals surface area (Å²) in [6.07, 6.45) is 4.29. The van der Waals surface area contributed by atoms with Crippen LogP contribution >= 0.6 is 0 Å². The highest BCUT2D eigenvalue weighted by Gasteiger charge is 2.44. The topological polar surface area (TPSA) is 106 Å². The van der Waals surface area contributed by atoms with E-state index in [-0.39, 0.29) is 5.91 Å². The first-order chi connectivity index (χ1) is 14.9. The van der Waals surface area contributed by atoms with Crippen LogP contribution in [-0.2, 0) is 19.7 Å². The Morgan fingerprint density at radius 2 is 2.06 bits per heavy atom.